The second-order valence-corrected chi connectivity index (χ2v) is 6.72. The van der Waals surface area contributed by atoms with Gasteiger partial charge in [-0.15, -0.1) is 10.2 Å². The Kier molecular flexibility index (Phi) is 4.19. The first-order valence-corrected chi connectivity index (χ1v) is 8.31. The Balaban J connectivity index is 2.04. The summed E-state index contributed by atoms with van der Waals surface area (Å²) in [6, 6.07) is 1.96. The van der Waals surface area contributed by atoms with Crippen LogP contribution in [0.1, 0.15) is 64.0 Å². The van der Waals surface area contributed by atoms with E-state index in [1.807, 2.05) is 6.07 Å². The summed E-state index contributed by atoms with van der Waals surface area (Å²) >= 11 is 0. The van der Waals surface area contributed by atoms with Gasteiger partial charge in [0.15, 0.2) is 0 Å². The van der Waals surface area contributed by atoms with Crippen LogP contribution in [-0.2, 0) is 4.79 Å². The third kappa shape index (κ3) is 3.00. The highest BCUT2D eigenvalue weighted by Gasteiger charge is 2.37. The fourth-order valence-electron chi connectivity index (χ4n) is 3.24. The highest BCUT2D eigenvalue weighted by Crippen LogP contribution is 2.32. The summed E-state index contributed by atoms with van der Waals surface area (Å²) in [5, 5.41) is 16.0. The van der Waals surface area contributed by atoms with Gasteiger partial charge in [-0.1, -0.05) is 39.5 Å². The topological polar surface area (TPSA) is 98.2 Å². The normalized spacial score (nSPS) is 18.0. The van der Waals surface area contributed by atoms with Gasteiger partial charge in [-0.25, -0.2) is 0 Å². The van der Waals surface area contributed by atoms with Crippen molar-refractivity contribution in [3.63, 3.8) is 0 Å². The molecule has 7 heteroatoms. The number of nitrogens with two attached hydrogens (primary N) is 1. The molecule has 3 rings (SSSR count). The van der Waals surface area contributed by atoms with Crippen LogP contribution in [0.5, 0.6) is 0 Å². The summed E-state index contributed by atoms with van der Waals surface area (Å²) in [5.74, 6) is -0.0269. The zero-order chi connectivity index (χ0) is 16.4. The van der Waals surface area contributed by atoms with E-state index < -0.39 is 5.54 Å². The fourth-order valence-corrected chi connectivity index (χ4v) is 3.24. The molecule has 7 nitrogen and oxygen atoms in total. The van der Waals surface area contributed by atoms with Crippen LogP contribution in [0.4, 0.5) is 5.69 Å². The second kappa shape index (κ2) is 6.14. The van der Waals surface area contributed by atoms with E-state index in [4.69, 9.17) is 5.73 Å². The Hall–Kier alpha value is -2.18. The SMILES string of the molecule is CC(C)c1cc(NC2(C(N)=O)CCCCCC2)c2nncn2n1. The van der Waals surface area contributed by atoms with Crippen LogP contribution in [0.3, 0.4) is 0 Å². The minimum atomic E-state index is -0.710. The summed E-state index contributed by atoms with van der Waals surface area (Å²) < 4.78 is 1.66. The number of carbonyl (C=O) groups is 1. The van der Waals surface area contributed by atoms with E-state index in [9.17, 15) is 4.79 Å². The van der Waals surface area contributed by atoms with Crippen molar-refractivity contribution >= 4 is 17.2 Å². The number of nitrogens with zero attached hydrogens (tertiary/aromatic N) is 4. The number of rotatable bonds is 4. The van der Waals surface area contributed by atoms with E-state index >= 15 is 0 Å². The van der Waals surface area contributed by atoms with E-state index in [0.29, 0.717) is 5.65 Å². The predicted molar refractivity (Wildman–Crippen MR) is 88.1 cm³/mol. The van der Waals surface area contributed by atoms with Crippen LogP contribution in [0, 0.1) is 0 Å². The number of carbonyl (C=O) groups excluding carboxylic acids is 1. The lowest BCUT2D eigenvalue weighted by Gasteiger charge is -2.31. The molecule has 0 unspecified atom stereocenters. The van der Waals surface area contributed by atoms with Gasteiger partial charge in [0.1, 0.15) is 11.9 Å². The molecule has 0 aromatic carbocycles. The van der Waals surface area contributed by atoms with E-state index in [1.165, 1.54) is 0 Å². The molecule has 0 radical (unpaired) electrons. The van der Waals surface area contributed by atoms with Crippen LogP contribution in [-0.4, -0.2) is 31.3 Å². The molecule has 1 aliphatic rings. The summed E-state index contributed by atoms with van der Waals surface area (Å²) in [7, 11) is 0. The quantitative estimate of drug-likeness (QED) is 0.843. The number of aromatic nitrogens is 4. The predicted octanol–water partition coefficient (Wildman–Crippen LogP) is 2.24. The van der Waals surface area contributed by atoms with Crippen molar-refractivity contribution in [2.24, 2.45) is 5.73 Å². The lowest BCUT2D eigenvalue weighted by atomic mass is 9.89. The van der Waals surface area contributed by atoms with E-state index in [-0.39, 0.29) is 11.8 Å². The Labute approximate surface area is 135 Å². The maximum Gasteiger partial charge on any atom is 0.243 e. The minimum Gasteiger partial charge on any atom is -0.368 e. The van der Waals surface area contributed by atoms with Gasteiger partial charge >= 0.3 is 0 Å². The molecule has 2 aromatic heterocycles. The van der Waals surface area contributed by atoms with Crippen molar-refractivity contribution in [3.8, 4) is 0 Å². The van der Waals surface area contributed by atoms with Gasteiger partial charge in [-0.05, 0) is 24.8 Å². The van der Waals surface area contributed by atoms with Crippen molar-refractivity contribution in [3.05, 3.63) is 18.1 Å². The average Bonchev–Trinajstić information content (AvgIpc) is 2.86. The molecule has 2 heterocycles. The van der Waals surface area contributed by atoms with E-state index in [2.05, 4.69) is 34.5 Å². The molecule has 0 saturated heterocycles. The summed E-state index contributed by atoms with van der Waals surface area (Å²) in [4.78, 5) is 12.2. The standard InChI is InChI=1S/C16H24N6O/c1-11(2)12-9-13(14-20-18-10-22(14)21-12)19-16(15(17)23)7-5-3-4-6-8-16/h9-11,19H,3-8H2,1-2H3,(H2,17,23). The monoisotopic (exact) mass is 316 g/mol. The molecule has 0 bridgehead atoms. The van der Waals surface area contributed by atoms with Crippen LogP contribution in [0.15, 0.2) is 12.4 Å². The molecular weight excluding hydrogens is 292 g/mol. The molecule has 2 aromatic rings. The van der Waals surface area contributed by atoms with Gasteiger partial charge in [0, 0.05) is 0 Å². The summed E-state index contributed by atoms with van der Waals surface area (Å²) in [6.45, 7) is 4.16. The number of nitrogens with one attached hydrogen (secondary N) is 1. The number of amides is 1. The molecular formula is C16H24N6O. The average molecular weight is 316 g/mol. The van der Waals surface area contributed by atoms with Crippen LogP contribution in [0.2, 0.25) is 0 Å². The Morgan fingerprint density at radius 1 is 1.30 bits per heavy atom. The van der Waals surface area contributed by atoms with Crippen molar-refractivity contribution in [2.45, 2.75) is 63.8 Å². The van der Waals surface area contributed by atoms with Crippen molar-refractivity contribution in [1.82, 2.24) is 19.8 Å². The molecule has 0 aliphatic heterocycles. The molecule has 1 saturated carbocycles. The van der Waals surface area contributed by atoms with Gasteiger partial charge in [0.05, 0.1) is 11.4 Å². The van der Waals surface area contributed by atoms with E-state index in [1.54, 1.807) is 10.8 Å². The molecule has 1 aliphatic carbocycles. The second-order valence-electron chi connectivity index (χ2n) is 6.72. The van der Waals surface area contributed by atoms with Crippen molar-refractivity contribution in [1.29, 1.82) is 0 Å². The highest BCUT2D eigenvalue weighted by molar-refractivity contribution is 5.89. The maximum atomic E-state index is 12.2. The Morgan fingerprint density at radius 2 is 2.00 bits per heavy atom. The fraction of sp³-hybridized carbons (Fsp3) is 0.625. The van der Waals surface area contributed by atoms with E-state index in [0.717, 1.165) is 49.9 Å². The van der Waals surface area contributed by atoms with Crippen molar-refractivity contribution in [2.75, 3.05) is 5.32 Å². The maximum absolute atomic E-state index is 12.2. The lowest BCUT2D eigenvalue weighted by molar-refractivity contribution is -0.122. The minimum absolute atomic E-state index is 0.265. The largest absolute Gasteiger partial charge is 0.368 e. The zero-order valence-electron chi connectivity index (χ0n) is 13.7. The van der Waals surface area contributed by atoms with Crippen LogP contribution in [0.25, 0.3) is 5.65 Å². The molecule has 1 fully saturated rings. The van der Waals surface area contributed by atoms with Gasteiger partial charge in [-0.2, -0.15) is 9.61 Å². The van der Waals surface area contributed by atoms with Crippen LogP contribution < -0.4 is 11.1 Å². The molecule has 1 amide bonds. The summed E-state index contributed by atoms with van der Waals surface area (Å²) in [5.41, 5.74) is 7.39. The van der Waals surface area contributed by atoms with Crippen LogP contribution >= 0.6 is 0 Å². The number of hydrogen-bond acceptors (Lipinski definition) is 5. The highest BCUT2D eigenvalue weighted by atomic mass is 16.1. The first-order valence-electron chi connectivity index (χ1n) is 8.31. The Bertz CT molecular complexity index is 700. The third-order valence-electron chi connectivity index (χ3n) is 4.68. The Morgan fingerprint density at radius 3 is 2.61 bits per heavy atom. The summed E-state index contributed by atoms with van der Waals surface area (Å²) in [6.07, 6.45) is 7.37. The number of primary amides is 1. The van der Waals surface area contributed by atoms with Gasteiger partial charge in [0.25, 0.3) is 0 Å². The van der Waals surface area contributed by atoms with Gasteiger partial charge in [0.2, 0.25) is 11.6 Å². The first-order chi connectivity index (χ1) is 11.0. The number of hydrogen-bond donors (Lipinski definition) is 2. The number of fused-ring (bicyclic) bond motifs is 1. The molecule has 23 heavy (non-hydrogen) atoms. The first kappa shape index (κ1) is 15.7. The van der Waals surface area contributed by atoms with Gasteiger partial charge < -0.3 is 11.1 Å². The zero-order valence-corrected chi connectivity index (χ0v) is 13.7. The molecule has 0 spiro atoms. The molecule has 0 atom stereocenters. The molecule has 3 N–H and O–H groups in total. The third-order valence-corrected chi connectivity index (χ3v) is 4.68. The lowest BCUT2D eigenvalue weighted by Crippen LogP contribution is -2.50. The van der Waals surface area contributed by atoms with Crippen molar-refractivity contribution < 1.29 is 4.79 Å². The molecule has 124 valence electrons. The number of anilines is 1. The smallest absolute Gasteiger partial charge is 0.243 e. The van der Waals surface area contributed by atoms with Gasteiger partial charge in [-0.3, -0.25) is 4.79 Å².